The Labute approximate surface area is 651 Å². The maximum atomic E-state index is 14.8. The van der Waals surface area contributed by atoms with Crippen molar-refractivity contribution in [1.29, 1.82) is 0 Å². The first-order valence-electron chi connectivity index (χ1n) is 35.1. The molecule has 0 radical (unpaired) electrons. The number of piperidine rings is 4. The van der Waals surface area contributed by atoms with Crippen molar-refractivity contribution in [2.45, 2.75) is 140 Å². The number of ether oxygens (including phenoxy) is 2. The zero-order valence-electron chi connectivity index (χ0n) is 59.5. The van der Waals surface area contributed by atoms with E-state index in [1.54, 1.807) is 64.4 Å². The lowest BCUT2D eigenvalue weighted by Crippen LogP contribution is -2.45. The molecule has 1 N–H and O–H groups in total. The monoisotopic (exact) mass is 1630 g/mol. The summed E-state index contributed by atoms with van der Waals surface area (Å²) in [5.74, 6) is -12.0. The number of carbonyl (C=O) groups excluding carboxylic acids is 3. The second-order valence-electron chi connectivity index (χ2n) is 26.4. The van der Waals surface area contributed by atoms with Gasteiger partial charge in [0.05, 0.1) is 39.4 Å². The van der Waals surface area contributed by atoms with E-state index < -0.39 is 103 Å². The summed E-state index contributed by atoms with van der Waals surface area (Å²) in [5, 5.41) is 3.78. The van der Waals surface area contributed by atoms with Gasteiger partial charge in [0.15, 0.2) is 9.84 Å². The van der Waals surface area contributed by atoms with E-state index in [-0.39, 0.29) is 115 Å². The topological polar surface area (TPSA) is 194 Å². The fourth-order valence-corrected chi connectivity index (χ4v) is 16.9. The Hall–Kier alpha value is -9.30. The molecular formula is C80H77ClF10N8O8S4. The molecule has 2 unspecified atom stereocenters. The van der Waals surface area contributed by atoms with E-state index in [2.05, 4.69) is 24.0 Å². The summed E-state index contributed by atoms with van der Waals surface area (Å²) in [5.41, 5.74) is 5.05. The highest BCUT2D eigenvalue weighted by atomic mass is 35.5. The van der Waals surface area contributed by atoms with Gasteiger partial charge in [0.2, 0.25) is 0 Å². The van der Waals surface area contributed by atoms with Crippen LogP contribution in [0.15, 0.2) is 229 Å². The number of amides is 2. The maximum absolute atomic E-state index is 14.8. The number of nitrogens with one attached hydrogen (secondary N) is 1. The van der Waals surface area contributed by atoms with Crippen molar-refractivity contribution in [1.82, 2.24) is 38.7 Å². The van der Waals surface area contributed by atoms with Crippen LogP contribution in [-0.4, -0.2) is 108 Å². The van der Waals surface area contributed by atoms with Crippen LogP contribution in [0.1, 0.15) is 130 Å². The highest BCUT2D eigenvalue weighted by Crippen LogP contribution is 2.43. The molecule has 2 amide bonds. The van der Waals surface area contributed by atoms with Crippen molar-refractivity contribution in [3.8, 4) is 0 Å². The van der Waals surface area contributed by atoms with E-state index in [1.165, 1.54) is 17.6 Å². The number of halogens is 11. The van der Waals surface area contributed by atoms with E-state index in [9.17, 15) is 70.9 Å². The van der Waals surface area contributed by atoms with Crippen molar-refractivity contribution in [3.63, 3.8) is 0 Å². The smallest absolute Gasteiger partial charge is 0.410 e. The first kappa shape index (κ1) is 84.2. The van der Waals surface area contributed by atoms with E-state index >= 15 is 0 Å². The first-order chi connectivity index (χ1) is 53.2. The summed E-state index contributed by atoms with van der Waals surface area (Å²) in [6.07, 6.45) is 0.657. The molecule has 4 fully saturated rings. The number of sulfone groups is 1. The highest BCUT2D eigenvalue weighted by molar-refractivity contribution is 7.90. The number of rotatable bonds is 17. The van der Waals surface area contributed by atoms with Gasteiger partial charge in [-0.25, -0.2) is 71.9 Å². The number of nitrogens with zero attached hydrogens (tertiary/aromatic N) is 7. The second-order valence-corrected chi connectivity index (χ2v) is 31.7. The van der Waals surface area contributed by atoms with Gasteiger partial charge < -0.3 is 24.6 Å². The minimum absolute atomic E-state index is 0.00921. The maximum Gasteiger partial charge on any atom is 0.410 e. The van der Waals surface area contributed by atoms with E-state index in [4.69, 9.17) is 21.1 Å². The number of alkyl halides is 7. The predicted octanol–water partition coefficient (Wildman–Crippen LogP) is 18.9. The summed E-state index contributed by atoms with van der Waals surface area (Å²) in [6.45, 7) is 1.03. The molecule has 4 aliphatic heterocycles. The van der Waals surface area contributed by atoms with Gasteiger partial charge in [-0.2, -0.15) is 8.75 Å². The number of aromatic nitrogens is 4. The summed E-state index contributed by atoms with van der Waals surface area (Å²) in [6, 6.07) is 57.2. The van der Waals surface area contributed by atoms with Crippen LogP contribution in [0.2, 0.25) is 0 Å². The third-order valence-electron chi connectivity index (χ3n) is 18.4. The summed E-state index contributed by atoms with van der Waals surface area (Å²) in [7, 11) is -5.87. The third kappa shape index (κ3) is 24.8. The summed E-state index contributed by atoms with van der Waals surface area (Å²) < 4.78 is 194. The van der Waals surface area contributed by atoms with Crippen LogP contribution in [0.25, 0.3) is 0 Å². The molecule has 0 saturated carbocycles. The second kappa shape index (κ2) is 39.7. The molecule has 5 atom stereocenters. The summed E-state index contributed by atoms with van der Waals surface area (Å²) in [4.78, 5) is 48.1. The standard InChI is InChI=1S/C21H19F4N3O2S2.C19H19F2NO2.C19H19NO3.C11H13F2N.C10H7ClF2N2OS2/c22-16-9-19(32(29,30)12-20-26-13-27-31-20)17(23)8-15(16)11-28-7-6-21(24,25)10-18(28)14-4-2-1-3-5-14;20-19(21)11-12-22(17(13-19)16-9-5-2-6-10-16)18(23)24-14-15-7-3-1-4-8-15;21-17-11-12-20(18(13-17)16-9-5-2-6-10-16)19(22)23-14-15-7-3-1-4-8-15;12-11(13)6-7-14-10(8-11)9-4-2-1-3-5-9;11-3-6-1-8(13)9(2-7(6)12)18(16)4-10-14-5-15-17-10/h1-5,8-9,13,18H,6-7,10-12H2;1-10,17H,11-14H2;1-10,18H,11-14H2;1-5,10,14H,6-8H2;1-2,5H,3-4H2/t18-;17-;;10-;/m00.0./s1. The van der Waals surface area contributed by atoms with Crippen molar-refractivity contribution < 1.29 is 80.4 Å². The largest absolute Gasteiger partial charge is 0.445 e. The third-order valence-corrected chi connectivity index (χ3v) is 23.4. The van der Waals surface area contributed by atoms with Crippen LogP contribution in [0.5, 0.6) is 0 Å². The number of hydrogen-bond donors (Lipinski definition) is 1. The van der Waals surface area contributed by atoms with Crippen LogP contribution in [0, 0.1) is 23.3 Å². The van der Waals surface area contributed by atoms with E-state index in [1.807, 2.05) is 127 Å². The van der Waals surface area contributed by atoms with E-state index in [0.29, 0.717) is 48.1 Å². The molecule has 586 valence electrons. The van der Waals surface area contributed by atoms with Gasteiger partial charge in [0, 0.05) is 107 Å². The van der Waals surface area contributed by atoms with Crippen LogP contribution < -0.4 is 5.32 Å². The van der Waals surface area contributed by atoms with Gasteiger partial charge >= 0.3 is 12.2 Å². The average molecular weight is 1630 g/mol. The number of ketones is 1. The van der Waals surface area contributed by atoms with Gasteiger partial charge in [0.25, 0.3) is 17.8 Å². The predicted molar refractivity (Wildman–Crippen MR) is 402 cm³/mol. The van der Waals surface area contributed by atoms with Gasteiger partial charge in [-0.3, -0.25) is 13.9 Å². The van der Waals surface area contributed by atoms with Gasteiger partial charge in [0.1, 0.15) is 75.6 Å². The minimum Gasteiger partial charge on any atom is -0.445 e. The molecule has 6 heterocycles. The van der Waals surface area contributed by atoms with Crippen molar-refractivity contribution in [2.75, 3.05) is 26.2 Å². The van der Waals surface area contributed by atoms with E-state index in [0.717, 1.165) is 63.5 Å². The quantitative estimate of drug-likeness (QED) is 0.0668. The van der Waals surface area contributed by atoms with Gasteiger partial charge in [-0.1, -0.05) is 182 Å². The van der Waals surface area contributed by atoms with Gasteiger partial charge in [-0.15, -0.1) is 11.6 Å². The van der Waals surface area contributed by atoms with Crippen molar-refractivity contribution in [3.05, 3.63) is 297 Å². The normalized spacial score (nSPS) is 18.8. The number of Topliss-reactive ketones (excluding diaryl/α,β-unsaturated/α-hetero) is 1. The SMILES string of the molecule is FC1(F)CCN[C@H](c2ccccc2)C1.O=C(OCc1ccccc1)N1CCC(F)(F)C[C@H]1c1ccccc1.O=C1CCN(C(=O)OCc2ccccc2)C(c2ccccc2)C1.O=S(=O)(Cc1ncns1)c1cc(F)c(CN2CCC(F)(F)C[C@H]2c2ccccc2)cc1F.O=S(Cc1ncns1)c1cc(F)c(CCl)cc1F. The van der Waals surface area contributed by atoms with Crippen LogP contribution in [0.4, 0.5) is 53.5 Å². The molecule has 4 saturated heterocycles. The highest BCUT2D eigenvalue weighted by Gasteiger charge is 2.44. The Morgan fingerprint density at radius 1 is 0.541 bits per heavy atom. The molecule has 0 spiro atoms. The Balaban J connectivity index is 0.000000151. The number of benzene rings is 8. The minimum atomic E-state index is -4.18. The first-order valence-corrected chi connectivity index (χ1v) is 40.2. The Morgan fingerprint density at radius 2 is 1.00 bits per heavy atom. The molecular weight excluding hydrogens is 1550 g/mol. The average Bonchev–Trinajstić information content (AvgIpc) is 1.73. The molecule has 14 rings (SSSR count). The molecule has 31 heteroatoms. The molecule has 10 aromatic rings. The zero-order chi connectivity index (χ0) is 79.1. The van der Waals surface area contributed by atoms with Crippen LogP contribution in [-0.2, 0) is 72.0 Å². The Kier molecular flexibility index (Phi) is 30.1. The molecule has 111 heavy (non-hydrogen) atoms. The van der Waals surface area contributed by atoms with Crippen LogP contribution >= 0.6 is 34.7 Å². The molecule has 8 aromatic carbocycles. The fraction of sp³-hybridized carbons (Fsp3) is 0.312. The fourth-order valence-electron chi connectivity index (χ4n) is 12.7. The molecule has 4 aliphatic rings. The van der Waals surface area contributed by atoms with Crippen LogP contribution in [0.3, 0.4) is 0 Å². The Morgan fingerprint density at radius 3 is 1.52 bits per heavy atom. The lowest BCUT2D eigenvalue weighted by Gasteiger charge is -2.39. The lowest BCUT2D eigenvalue weighted by molar-refractivity contribution is -0.122. The van der Waals surface area contributed by atoms with Gasteiger partial charge in [-0.05, 0) is 80.7 Å². The molecule has 0 aliphatic carbocycles. The van der Waals surface area contributed by atoms with Crippen molar-refractivity contribution >= 4 is 73.3 Å². The molecule has 16 nitrogen and oxygen atoms in total. The number of carbonyl (C=O) groups is 3. The number of hydrogen-bond acceptors (Lipinski definition) is 16. The molecule has 0 bridgehead atoms. The lowest BCUT2D eigenvalue weighted by atomic mass is 9.92. The zero-order valence-corrected chi connectivity index (χ0v) is 63.5. The number of likely N-dealkylation sites (tertiary alicyclic amines) is 3. The van der Waals surface area contributed by atoms with Crippen molar-refractivity contribution in [2.24, 2.45) is 0 Å². The Bertz CT molecular complexity index is 4770. The summed E-state index contributed by atoms with van der Waals surface area (Å²) >= 11 is 7.38. The molecule has 2 aromatic heterocycles.